The third-order valence-electron chi connectivity index (χ3n) is 2.60. The number of hydrogen-bond acceptors (Lipinski definition) is 1. The molecule has 0 fully saturated rings. The summed E-state index contributed by atoms with van der Waals surface area (Å²) in [5, 5.41) is 0. The van der Waals surface area contributed by atoms with Crippen LogP contribution in [-0.4, -0.2) is 5.71 Å². The van der Waals surface area contributed by atoms with Crippen molar-refractivity contribution in [2.45, 2.75) is 27.2 Å². The second kappa shape index (κ2) is 6.06. The van der Waals surface area contributed by atoms with Gasteiger partial charge in [0.2, 0.25) is 0 Å². The van der Waals surface area contributed by atoms with E-state index in [2.05, 4.69) is 24.6 Å². The standard InChI is InChI=1S/C15H19N/c1-5-14(6-2)12(3)16-13(4)15-10-8-7-9-11-15/h5,7-11H,4,6H2,1-3H3/b14-5+,16-12?. The molecule has 0 atom stereocenters. The van der Waals surface area contributed by atoms with Crippen molar-refractivity contribution in [2.24, 2.45) is 4.99 Å². The summed E-state index contributed by atoms with van der Waals surface area (Å²) in [6.45, 7) is 10.2. The van der Waals surface area contributed by atoms with Crippen molar-refractivity contribution in [2.75, 3.05) is 0 Å². The fourth-order valence-electron chi connectivity index (χ4n) is 1.64. The zero-order valence-electron chi connectivity index (χ0n) is 10.3. The Bertz CT molecular complexity index is 410. The Labute approximate surface area is 98.2 Å². The molecular formula is C15H19N. The largest absolute Gasteiger partial charge is 0.253 e. The molecule has 0 spiro atoms. The molecule has 0 radical (unpaired) electrons. The van der Waals surface area contributed by atoms with Crippen LogP contribution < -0.4 is 0 Å². The van der Waals surface area contributed by atoms with Crippen LogP contribution >= 0.6 is 0 Å². The third-order valence-corrected chi connectivity index (χ3v) is 2.60. The van der Waals surface area contributed by atoms with Crippen molar-refractivity contribution in [3.8, 4) is 0 Å². The van der Waals surface area contributed by atoms with Crippen LogP contribution in [0.4, 0.5) is 0 Å². The average molecular weight is 213 g/mol. The van der Waals surface area contributed by atoms with Crippen molar-refractivity contribution >= 4 is 11.4 Å². The quantitative estimate of drug-likeness (QED) is 0.654. The molecule has 0 N–H and O–H groups in total. The molecule has 1 heteroatoms. The van der Waals surface area contributed by atoms with Crippen LogP contribution in [0.1, 0.15) is 32.8 Å². The summed E-state index contributed by atoms with van der Waals surface area (Å²) in [5.41, 5.74) is 4.23. The van der Waals surface area contributed by atoms with Crippen molar-refractivity contribution in [1.82, 2.24) is 0 Å². The predicted octanol–water partition coefficient (Wildman–Crippen LogP) is 4.47. The molecule has 0 aromatic heterocycles. The summed E-state index contributed by atoms with van der Waals surface area (Å²) in [6.07, 6.45) is 3.12. The molecular weight excluding hydrogens is 194 g/mol. The van der Waals surface area contributed by atoms with E-state index in [1.165, 1.54) is 5.57 Å². The van der Waals surface area contributed by atoms with Gasteiger partial charge in [-0.05, 0) is 31.4 Å². The smallest absolute Gasteiger partial charge is 0.0633 e. The number of nitrogens with zero attached hydrogens (tertiary/aromatic N) is 1. The van der Waals surface area contributed by atoms with E-state index >= 15 is 0 Å². The highest BCUT2D eigenvalue weighted by Gasteiger charge is 2.00. The van der Waals surface area contributed by atoms with Gasteiger partial charge in [0.15, 0.2) is 0 Å². The number of hydrogen-bond donors (Lipinski definition) is 0. The molecule has 0 saturated heterocycles. The van der Waals surface area contributed by atoms with Gasteiger partial charge in [-0.25, -0.2) is 0 Å². The zero-order valence-corrected chi connectivity index (χ0v) is 10.3. The van der Waals surface area contributed by atoms with Crippen molar-refractivity contribution in [3.05, 3.63) is 54.1 Å². The maximum atomic E-state index is 4.54. The topological polar surface area (TPSA) is 12.4 Å². The molecule has 1 aromatic carbocycles. The molecule has 0 aliphatic rings. The van der Waals surface area contributed by atoms with Gasteiger partial charge < -0.3 is 0 Å². The maximum Gasteiger partial charge on any atom is 0.0633 e. The monoisotopic (exact) mass is 213 g/mol. The second-order valence-corrected chi connectivity index (χ2v) is 3.68. The lowest BCUT2D eigenvalue weighted by Gasteiger charge is -2.05. The minimum Gasteiger partial charge on any atom is -0.253 e. The Morgan fingerprint density at radius 3 is 2.44 bits per heavy atom. The molecule has 0 aliphatic carbocycles. The molecule has 0 aliphatic heterocycles. The average Bonchev–Trinajstić information content (AvgIpc) is 2.31. The molecule has 1 rings (SSSR count). The van der Waals surface area contributed by atoms with Gasteiger partial charge in [-0.1, -0.05) is 49.9 Å². The molecule has 16 heavy (non-hydrogen) atoms. The first-order valence-electron chi connectivity index (χ1n) is 5.64. The predicted molar refractivity (Wildman–Crippen MR) is 72.6 cm³/mol. The van der Waals surface area contributed by atoms with E-state index in [1.54, 1.807) is 0 Å². The van der Waals surface area contributed by atoms with Crippen LogP contribution in [0, 0.1) is 0 Å². The Balaban J connectivity index is 2.89. The van der Waals surface area contributed by atoms with Gasteiger partial charge in [-0.3, -0.25) is 4.99 Å². The Kier molecular flexibility index (Phi) is 4.71. The van der Waals surface area contributed by atoms with Crippen LogP contribution in [0.25, 0.3) is 5.70 Å². The number of rotatable bonds is 4. The summed E-state index contributed by atoms with van der Waals surface area (Å²) < 4.78 is 0. The summed E-state index contributed by atoms with van der Waals surface area (Å²) >= 11 is 0. The first-order chi connectivity index (χ1) is 7.69. The highest BCUT2D eigenvalue weighted by molar-refractivity contribution is 6.01. The highest BCUT2D eigenvalue weighted by Crippen LogP contribution is 2.15. The van der Waals surface area contributed by atoms with Crippen molar-refractivity contribution in [3.63, 3.8) is 0 Å². The Morgan fingerprint density at radius 1 is 1.31 bits per heavy atom. The van der Waals surface area contributed by atoms with E-state index in [9.17, 15) is 0 Å². The summed E-state index contributed by atoms with van der Waals surface area (Å²) in [4.78, 5) is 4.54. The van der Waals surface area contributed by atoms with Crippen LogP contribution in [0.5, 0.6) is 0 Å². The summed E-state index contributed by atoms with van der Waals surface area (Å²) in [5.74, 6) is 0. The number of allylic oxidation sites excluding steroid dienone is 2. The third kappa shape index (κ3) is 3.20. The van der Waals surface area contributed by atoms with Crippen LogP contribution in [-0.2, 0) is 0 Å². The Hall–Kier alpha value is -1.63. The molecule has 0 amide bonds. The van der Waals surface area contributed by atoms with E-state index in [0.717, 1.165) is 23.4 Å². The van der Waals surface area contributed by atoms with Crippen molar-refractivity contribution in [1.29, 1.82) is 0 Å². The SMILES string of the molecule is C=C(N=C(C)/C(=C/C)CC)c1ccccc1. The maximum absolute atomic E-state index is 4.54. The molecule has 0 saturated carbocycles. The van der Waals surface area contributed by atoms with E-state index in [1.807, 2.05) is 44.2 Å². The van der Waals surface area contributed by atoms with E-state index in [4.69, 9.17) is 0 Å². The summed E-state index contributed by atoms with van der Waals surface area (Å²) in [7, 11) is 0. The normalized spacial score (nSPS) is 12.7. The fraction of sp³-hybridized carbons (Fsp3) is 0.267. The first-order valence-corrected chi connectivity index (χ1v) is 5.64. The van der Waals surface area contributed by atoms with Gasteiger partial charge in [-0.2, -0.15) is 0 Å². The highest BCUT2D eigenvalue weighted by atomic mass is 14.8. The van der Waals surface area contributed by atoms with Gasteiger partial charge in [0.1, 0.15) is 0 Å². The number of aliphatic imine (C=N–C) groups is 1. The lowest BCUT2D eigenvalue weighted by molar-refractivity contribution is 1.16. The van der Waals surface area contributed by atoms with Crippen LogP contribution in [0.3, 0.4) is 0 Å². The van der Waals surface area contributed by atoms with Gasteiger partial charge in [0.05, 0.1) is 5.70 Å². The van der Waals surface area contributed by atoms with Crippen LogP contribution in [0.15, 0.2) is 53.6 Å². The number of benzene rings is 1. The van der Waals surface area contributed by atoms with Gasteiger partial charge in [0, 0.05) is 5.71 Å². The molecule has 0 bridgehead atoms. The van der Waals surface area contributed by atoms with E-state index < -0.39 is 0 Å². The Morgan fingerprint density at radius 2 is 1.94 bits per heavy atom. The van der Waals surface area contributed by atoms with Gasteiger partial charge in [-0.15, -0.1) is 0 Å². The molecule has 0 unspecified atom stereocenters. The minimum absolute atomic E-state index is 0.825. The van der Waals surface area contributed by atoms with E-state index in [0.29, 0.717) is 0 Å². The molecule has 84 valence electrons. The zero-order chi connectivity index (χ0) is 12.0. The minimum atomic E-state index is 0.825. The van der Waals surface area contributed by atoms with Crippen molar-refractivity contribution < 1.29 is 0 Å². The molecule has 0 heterocycles. The summed E-state index contributed by atoms with van der Waals surface area (Å²) in [6, 6.07) is 10.1. The fourth-order valence-corrected chi connectivity index (χ4v) is 1.64. The lowest BCUT2D eigenvalue weighted by Crippen LogP contribution is -1.96. The molecule has 1 nitrogen and oxygen atoms in total. The van der Waals surface area contributed by atoms with Gasteiger partial charge in [0.25, 0.3) is 0 Å². The first kappa shape index (κ1) is 12.4. The molecule has 1 aromatic rings. The van der Waals surface area contributed by atoms with Crippen LogP contribution in [0.2, 0.25) is 0 Å². The second-order valence-electron chi connectivity index (χ2n) is 3.68. The van der Waals surface area contributed by atoms with E-state index in [-0.39, 0.29) is 0 Å². The van der Waals surface area contributed by atoms with Gasteiger partial charge >= 0.3 is 0 Å². The lowest BCUT2D eigenvalue weighted by atomic mass is 10.1.